The standard InChI is InChI=1S/C17H17N3OS2/c1-3-18-17-20-16-15(23-17)11(8-13(21)19-16)14-9(2)22-12-7-5-4-6-10(12)14/h4-7,11H,3,8H2,1-2H3,(H,18,20)(H,19,21)/t11-/m1/s1. The van der Waals surface area contributed by atoms with Crippen LogP contribution in [-0.4, -0.2) is 17.4 Å². The molecule has 4 nitrogen and oxygen atoms in total. The van der Waals surface area contributed by atoms with Crippen LogP contribution in [0.4, 0.5) is 10.9 Å². The first kappa shape index (κ1) is 14.7. The number of aromatic nitrogens is 1. The minimum Gasteiger partial charge on any atom is -0.362 e. The molecule has 0 bridgehead atoms. The van der Waals surface area contributed by atoms with Gasteiger partial charge in [0.15, 0.2) is 5.13 Å². The lowest BCUT2D eigenvalue weighted by atomic mass is 9.89. The molecule has 1 aliphatic rings. The summed E-state index contributed by atoms with van der Waals surface area (Å²) in [6, 6.07) is 8.44. The van der Waals surface area contributed by atoms with E-state index in [1.165, 1.54) is 20.5 Å². The molecular formula is C17H17N3OS2. The number of hydrogen-bond donors (Lipinski definition) is 2. The molecular weight excluding hydrogens is 326 g/mol. The maximum Gasteiger partial charge on any atom is 0.226 e. The fourth-order valence-electron chi connectivity index (χ4n) is 3.20. The average Bonchev–Trinajstić information content (AvgIpc) is 3.06. The molecule has 0 saturated heterocycles. The molecule has 23 heavy (non-hydrogen) atoms. The van der Waals surface area contributed by atoms with Crippen LogP contribution in [0.2, 0.25) is 0 Å². The molecule has 0 unspecified atom stereocenters. The van der Waals surface area contributed by atoms with Gasteiger partial charge in [-0.1, -0.05) is 29.5 Å². The minimum atomic E-state index is 0.0468. The lowest BCUT2D eigenvalue weighted by molar-refractivity contribution is -0.116. The molecule has 0 saturated carbocycles. The summed E-state index contributed by atoms with van der Waals surface area (Å²) in [5.41, 5.74) is 1.29. The van der Waals surface area contributed by atoms with Gasteiger partial charge in [0, 0.05) is 28.5 Å². The van der Waals surface area contributed by atoms with Gasteiger partial charge < -0.3 is 10.6 Å². The van der Waals surface area contributed by atoms with Crippen LogP contribution in [-0.2, 0) is 4.79 Å². The molecule has 1 aliphatic heterocycles. The van der Waals surface area contributed by atoms with E-state index in [-0.39, 0.29) is 11.8 Å². The molecule has 6 heteroatoms. The first-order valence-electron chi connectivity index (χ1n) is 7.69. The van der Waals surface area contributed by atoms with Crippen molar-refractivity contribution in [2.24, 2.45) is 0 Å². The quantitative estimate of drug-likeness (QED) is 0.732. The second-order valence-corrected chi connectivity index (χ2v) is 7.92. The van der Waals surface area contributed by atoms with Gasteiger partial charge in [-0.15, -0.1) is 11.3 Å². The summed E-state index contributed by atoms with van der Waals surface area (Å²) in [6.07, 6.45) is 0.488. The molecule has 0 radical (unpaired) electrons. The van der Waals surface area contributed by atoms with Crippen molar-refractivity contribution in [3.8, 4) is 0 Å². The van der Waals surface area contributed by atoms with Crippen LogP contribution in [0, 0.1) is 6.92 Å². The van der Waals surface area contributed by atoms with Crippen LogP contribution in [0.1, 0.15) is 34.6 Å². The Balaban J connectivity index is 1.88. The molecule has 118 valence electrons. The SMILES string of the molecule is CCNc1nc2c(s1)[C@@H](c1c(C)sc3ccccc13)CC(=O)N2. The number of aryl methyl sites for hydroxylation is 1. The molecule has 0 spiro atoms. The third-order valence-corrected chi connectivity index (χ3v) is 6.34. The van der Waals surface area contributed by atoms with Crippen LogP contribution in [0.3, 0.4) is 0 Å². The number of benzene rings is 1. The number of carbonyl (C=O) groups is 1. The summed E-state index contributed by atoms with van der Waals surface area (Å²) < 4.78 is 1.28. The van der Waals surface area contributed by atoms with Gasteiger partial charge in [-0.25, -0.2) is 4.98 Å². The predicted molar refractivity (Wildman–Crippen MR) is 97.9 cm³/mol. The number of thiophene rings is 1. The van der Waals surface area contributed by atoms with Gasteiger partial charge in [0.2, 0.25) is 5.91 Å². The van der Waals surface area contributed by atoms with E-state index in [4.69, 9.17) is 0 Å². The Morgan fingerprint density at radius 3 is 3.00 bits per heavy atom. The monoisotopic (exact) mass is 343 g/mol. The van der Waals surface area contributed by atoms with Gasteiger partial charge in [-0.2, -0.15) is 0 Å². The van der Waals surface area contributed by atoms with E-state index in [1.807, 2.05) is 6.92 Å². The highest BCUT2D eigenvalue weighted by molar-refractivity contribution is 7.19. The maximum atomic E-state index is 12.2. The number of thiazole rings is 1. The van der Waals surface area contributed by atoms with Crippen molar-refractivity contribution in [1.29, 1.82) is 0 Å². The van der Waals surface area contributed by atoms with Crippen LogP contribution in [0.5, 0.6) is 0 Å². The molecule has 1 amide bonds. The summed E-state index contributed by atoms with van der Waals surface area (Å²) in [4.78, 5) is 19.2. The number of nitrogens with zero attached hydrogens (tertiary/aromatic N) is 1. The first-order chi connectivity index (χ1) is 11.2. The van der Waals surface area contributed by atoms with Gasteiger partial charge in [-0.05, 0) is 30.9 Å². The number of rotatable bonds is 3. The second kappa shape index (κ2) is 5.62. The van der Waals surface area contributed by atoms with Crippen LogP contribution < -0.4 is 10.6 Å². The maximum absolute atomic E-state index is 12.2. The lowest BCUT2D eigenvalue weighted by Crippen LogP contribution is -2.22. The Kier molecular flexibility index (Phi) is 3.58. The van der Waals surface area contributed by atoms with Crippen molar-refractivity contribution in [2.75, 3.05) is 17.2 Å². The lowest BCUT2D eigenvalue weighted by Gasteiger charge is -2.22. The predicted octanol–water partition coefficient (Wildman–Crippen LogP) is 4.57. The fourth-order valence-corrected chi connectivity index (χ4v) is 5.42. The molecule has 3 aromatic rings. The van der Waals surface area contributed by atoms with Crippen LogP contribution in [0.15, 0.2) is 24.3 Å². The highest BCUT2D eigenvalue weighted by Gasteiger charge is 2.32. The van der Waals surface area contributed by atoms with E-state index in [2.05, 4.69) is 46.8 Å². The second-order valence-electron chi connectivity index (χ2n) is 5.64. The number of anilines is 2. The molecule has 2 N–H and O–H groups in total. The Morgan fingerprint density at radius 1 is 1.35 bits per heavy atom. The van der Waals surface area contributed by atoms with Gasteiger partial charge in [-0.3, -0.25) is 4.79 Å². The number of amides is 1. The Morgan fingerprint density at radius 2 is 2.17 bits per heavy atom. The largest absolute Gasteiger partial charge is 0.362 e. The molecule has 2 aromatic heterocycles. The van der Waals surface area contributed by atoms with Gasteiger partial charge in [0.25, 0.3) is 0 Å². The van der Waals surface area contributed by atoms with Crippen LogP contribution in [0.25, 0.3) is 10.1 Å². The topological polar surface area (TPSA) is 54.0 Å². The van der Waals surface area contributed by atoms with Crippen LogP contribution >= 0.6 is 22.7 Å². The van der Waals surface area contributed by atoms with Crippen molar-refractivity contribution in [2.45, 2.75) is 26.2 Å². The number of hydrogen-bond acceptors (Lipinski definition) is 5. The molecule has 3 heterocycles. The molecule has 4 rings (SSSR count). The van der Waals surface area contributed by atoms with E-state index < -0.39 is 0 Å². The normalized spacial score (nSPS) is 17.1. The van der Waals surface area contributed by atoms with Crippen molar-refractivity contribution in [3.63, 3.8) is 0 Å². The average molecular weight is 343 g/mol. The summed E-state index contributed by atoms with van der Waals surface area (Å²) in [7, 11) is 0. The Hall–Kier alpha value is -1.92. The third kappa shape index (κ3) is 2.42. The smallest absolute Gasteiger partial charge is 0.226 e. The van der Waals surface area contributed by atoms with E-state index in [0.29, 0.717) is 6.42 Å². The Labute approximate surface area is 142 Å². The number of nitrogens with one attached hydrogen (secondary N) is 2. The van der Waals surface area contributed by atoms with Crippen molar-refractivity contribution < 1.29 is 4.79 Å². The van der Waals surface area contributed by atoms with E-state index in [9.17, 15) is 4.79 Å². The highest BCUT2D eigenvalue weighted by atomic mass is 32.1. The number of carbonyl (C=O) groups excluding carboxylic acids is 1. The highest BCUT2D eigenvalue weighted by Crippen LogP contribution is 2.47. The Bertz CT molecular complexity index is 897. The third-order valence-electron chi connectivity index (χ3n) is 4.11. The molecule has 1 aromatic carbocycles. The fraction of sp³-hybridized carbons (Fsp3) is 0.294. The summed E-state index contributed by atoms with van der Waals surface area (Å²) in [5, 5.41) is 8.32. The van der Waals surface area contributed by atoms with E-state index in [0.717, 1.165) is 22.4 Å². The van der Waals surface area contributed by atoms with Gasteiger partial charge >= 0.3 is 0 Å². The van der Waals surface area contributed by atoms with Crippen molar-refractivity contribution in [3.05, 3.63) is 39.6 Å². The zero-order valence-corrected chi connectivity index (χ0v) is 14.6. The zero-order valence-electron chi connectivity index (χ0n) is 13.0. The summed E-state index contributed by atoms with van der Waals surface area (Å²) in [5.74, 6) is 0.868. The molecule has 1 atom stereocenters. The summed E-state index contributed by atoms with van der Waals surface area (Å²) in [6.45, 7) is 5.02. The van der Waals surface area contributed by atoms with E-state index >= 15 is 0 Å². The molecule has 0 aliphatic carbocycles. The minimum absolute atomic E-state index is 0.0468. The van der Waals surface area contributed by atoms with Crippen molar-refractivity contribution >= 4 is 49.6 Å². The van der Waals surface area contributed by atoms with Gasteiger partial charge in [0.05, 0.1) is 4.88 Å². The molecule has 0 fully saturated rings. The number of fused-ring (bicyclic) bond motifs is 2. The van der Waals surface area contributed by atoms with Gasteiger partial charge in [0.1, 0.15) is 5.82 Å². The zero-order chi connectivity index (χ0) is 16.0. The van der Waals surface area contributed by atoms with E-state index in [1.54, 1.807) is 22.7 Å². The first-order valence-corrected chi connectivity index (χ1v) is 9.33. The summed E-state index contributed by atoms with van der Waals surface area (Å²) >= 11 is 3.46. The van der Waals surface area contributed by atoms with Crippen molar-refractivity contribution in [1.82, 2.24) is 4.98 Å².